The molecule has 0 bridgehead atoms. The van der Waals surface area contributed by atoms with E-state index < -0.39 is 33.4 Å². The number of nitrogens with one attached hydrogen (secondary N) is 1. The molecule has 0 fully saturated rings. The van der Waals surface area contributed by atoms with Crippen molar-refractivity contribution in [3.8, 4) is 11.1 Å². The van der Waals surface area contributed by atoms with Crippen LogP contribution in [0.25, 0.3) is 11.1 Å². The molecule has 7 nitrogen and oxygen atoms in total. The zero-order valence-corrected chi connectivity index (χ0v) is 18.0. The van der Waals surface area contributed by atoms with Gasteiger partial charge in [-0.15, -0.1) is 0 Å². The van der Waals surface area contributed by atoms with Crippen LogP contribution in [0.2, 0.25) is 0 Å². The minimum absolute atomic E-state index is 0.0946. The van der Waals surface area contributed by atoms with Gasteiger partial charge >= 0.3 is 12.4 Å². The van der Waals surface area contributed by atoms with E-state index in [1.807, 2.05) is 0 Å². The second-order valence-corrected chi connectivity index (χ2v) is 8.99. The number of alkyl halides is 6. The summed E-state index contributed by atoms with van der Waals surface area (Å²) in [6, 6.07) is 6.06. The summed E-state index contributed by atoms with van der Waals surface area (Å²) in [5.74, 6) is -0.644. The Hall–Kier alpha value is -3.55. The van der Waals surface area contributed by atoms with Gasteiger partial charge in [0.05, 0.1) is 22.4 Å². The van der Waals surface area contributed by atoms with Crippen molar-refractivity contribution in [2.24, 2.45) is 5.10 Å². The van der Waals surface area contributed by atoms with Gasteiger partial charge in [0.25, 0.3) is 0 Å². The summed E-state index contributed by atoms with van der Waals surface area (Å²) in [6.45, 7) is 1.37. The summed E-state index contributed by atoms with van der Waals surface area (Å²) in [5, 5.41) is 3.68. The maximum atomic E-state index is 13.0. The van der Waals surface area contributed by atoms with Crippen molar-refractivity contribution in [1.82, 2.24) is 15.0 Å². The number of hydrogen-bond acceptors (Lipinski definition) is 7. The Balaban J connectivity index is 1.96. The first-order chi connectivity index (χ1) is 15.8. The number of anilines is 1. The number of halogens is 6. The maximum Gasteiger partial charge on any atom is 0.433 e. The molecule has 14 heteroatoms. The normalized spacial score (nSPS) is 12.8. The predicted molar refractivity (Wildman–Crippen MR) is 111 cm³/mol. The van der Waals surface area contributed by atoms with Crippen LogP contribution in [0.3, 0.4) is 0 Å². The lowest BCUT2D eigenvalue weighted by atomic mass is 10.0. The lowest BCUT2D eigenvalue weighted by Crippen LogP contribution is -2.10. The molecule has 0 unspecified atom stereocenters. The zero-order valence-electron chi connectivity index (χ0n) is 17.2. The van der Waals surface area contributed by atoms with Crippen molar-refractivity contribution >= 4 is 21.9 Å². The first-order valence-corrected chi connectivity index (χ1v) is 11.1. The third kappa shape index (κ3) is 5.87. The molecule has 2 aromatic heterocycles. The predicted octanol–water partition coefficient (Wildman–Crippen LogP) is 4.82. The Morgan fingerprint density at radius 1 is 0.971 bits per heavy atom. The van der Waals surface area contributed by atoms with Crippen molar-refractivity contribution in [3.63, 3.8) is 0 Å². The average Bonchev–Trinajstić information content (AvgIpc) is 2.78. The molecule has 3 aromatic rings. The molecule has 0 atom stereocenters. The SMILES string of the molecule is CCS(=O)(=O)c1cc(-c2cccc(C(F)(F)F)c2)cnc1C=NNc1cc(C(F)(F)F)ncn1. The second-order valence-electron chi connectivity index (χ2n) is 6.75. The van der Waals surface area contributed by atoms with E-state index in [9.17, 15) is 34.8 Å². The van der Waals surface area contributed by atoms with Gasteiger partial charge in [0.1, 0.15) is 23.5 Å². The third-order valence-corrected chi connectivity index (χ3v) is 6.20. The van der Waals surface area contributed by atoms with Gasteiger partial charge in [-0.25, -0.2) is 18.4 Å². The molecule has 180 valence electrons. The summed E-state index contributed by atoms with van der Waals surface area (Å²) < 4.78 is 102. The number of pyridine rings is 1. The Labute approximate surface area is 189 Å². The molecule has 0 saturated carbocycles. The number of hydrogen-bond donors (Lipinski definition) is 1. The van der Waals surface area contributed by atoms with Crippen LogP contribution in [0.4, 0.5) is 32.2 Å². The van der Waals surface area contributed by atoms with E-state index in [1.54, 1.807) is 0 Å². The molecule has 0 spiro atoms. The molecule has 3 rings (SSSR count). The van der Waals surface area contributed by atoms with Gasteiger partial charge < -0.3 is 0 Å². The van der Waals surface area contributed by atoms with Crippen LogP contribution >= 0.6 is 0 Å². The molecule has 2 heterocycles. The van der Waals surface area contributed by atoms with Crippen LogP contribution < -0.4 is 5.43 Å². The number of rotatable bonds is 6. The van der Waals surface area contributed by atoms with Gasteiger partial charge in [-0.05, 0) is 23.8 Å². The summed E-state index contributed by atoms with van der Waals surface area (Å²) >= 11 is 0. The number of sulfone groups is 1. The molecule has 0 aliphatic rings. The van der Waals surface area contributed by atoms with Crippen LogP contribution in [0.1, 0.15) is 23.9 Å². The van der Waals surface area contributed by atoms with E-state index in [1.165, 1.54) is 19.1 Å². The molecule has 0 saturated heterocycles. The van der Waals surface area contributed by atoms with Crippen molar-refractivity contribution in [2.45, 2.75) is 24.2 Å². The number of benzene rings is 1. The number of hydrazone groups is 1. The third-order valence-electron chi connectivity index (χ3n) is 4.44. The van der Waals surface area contributed by atoms with Crippen LogP contribution in [0.5, 0.6) is 0 Å². The molecule has 1 N–H and O–H groups in total. The van der Waals surface area contributed by atoms with Gasteiger partial charge in [0.15, 0.2) is 9.84 Å². The Bertz CT molecular complexity index is 1320. The standard InChI is InChI=1S/C20H15F6N5O2S/c1-2-34(32,33)16-7-13(12-4-3-5-14(6-12)19(21,22)23)9-27-15(16)10-30-31-18-8-17(20(24,25)26)28-11-29-18/h3-11H,2H2,1H3,(H,28,29,31). The first-order valence-electron chi connectivity index (χ1n) is 9.40. The monoisotopic (exact) mass is 503 g/mol. The maximum absolute atomic E-state index is 13.0. The fraction of sp³-hybridized carbons (Fsp3) is 0.200. The van der Waals surface area contributed by atoms with Crippen LogP contribution in [0.15, 0.2) is 58.9 Å². The van der Waals surface area contributed by atoms with Crippen LogP contribution in [0, 0.1) is 0 Å². The quantitative estimate of drug-likeness (QED) is 0.295. The van der Waals surface area contributed by atoms with Gasteiger partial charge in [0.2, 0.25) is 0 Å². The number of aromatic nitrogens is 3. The van der Waals surface area contributed by atoms with Crippen LogP contribution in [-0.2, 0) is 22.2 Å². The smallest absolute Gasteiger partial charge is 0.261 e. The van der Waals surface area contributed by atoms with E-state index >= 15 is 0 Å². The van der Waals surface area contributed by atoms with Crippen molar-refractivity contribution in [1.29, 1.82) is 0 Å². The highest BCUT2D eigenvalue weighted by atomic mass is 32.2. The molecule has 0 aliphatic carbocycles. The molecule has 0 aliphatic heterocycles. The lowest BCUT2D eigenvalue weighted by Gasteiger charge is -2.11. The highest BCUT2D eigenvalue weighted by Gasteiger charge is 2.33. The lowest BCUT2D eigenvalue weighted by molar-refractivity contribution is -0.141. The Morgan fingerprint density at radius 2 is 1.71 bits per heavy atom. The van der Waals surface area contributed by atoms with Gasteiger partial charge in [-0.1, -0.05) is 19.1 Å². The molecular weight excluding hydrogens is 488 g/mol. The van der Waals surface area contributed by atoms with Gasteiger partial charge in [-0.2, -0.15) is 31.4 Å². The van der Waals surface area contributed by atoms with Crippen molar-refractivity contribution < 1.29 is 34.8 Å². The molecular formula is C20H15F6N5O2S. The van der Waals surface area contributed by atoms with Gasteiger partial charge in [0, 0.05) is 17.8 Å². The summed E-state index contributed by atoms with van der Waals surface area (Å²) in [5.41, 5.74) is 0.150. The fourth-order valence-corrected chi connectivity index (χ4v) is 3.76. The van der Waals surface area contributed by atoms with E-state index in [0.717, 1.165) is 30.6 Å². The molecule has 0 amide bonds. The van der Waals surface area contributed by atoms with Crippen molar-refractivity contribution in [2.75, 3.05) is 11.2 Å². The zero-order chi connectivity index (χ0) is 25.1. The Kier molecular flexibility index (Phi) is 6.91. The fourth-order valence-electron chi connectivity index (χ4n) is 2.72. The van der Waals surface area contributed by atoms with E-state index in [4.69, 9.17) is 0 Å². The minimum Gasteiger partial charge on any atom is -0.261 e. The van der Waals surface area contributed by atoms with E-state index in [-0.39, 0.29) is 33.3 Å². The summed E-state index contributed by atoms with van der Waals surface area (Å²) in [7, 11) is -3.90. The molecule has 34 heavy (non-hydrogen) atoms. The highest BCUT2D eigenvalue weighted by Crippen LogP contribution is 2.33. The molecule has 0 radical (unpaired) electrons. The van der Waals surface area contributed by atoms with Crippen LogP contribution in [-0.4, -0.2) is 35.3 Å². The summed E-state index contributed by atoms with van der Waals surface area (Å²) in [6.07, 6.45) is -6.50. The number of nitrogens with zero attached hydrogens (tertiary/aromatic N) is 4. The second kappa shape index (κ2) is 9.37. The largest absolute Gasteiger partial charge is 0.433 e. The topological polar surface area (TPSA) is 97.2 Å². The van der Waals surface area contributed by atoms with E-state index in [0.29, 0.717) is 12.4 Å². The van der Waals surface area contributed by atoms with Crippen molar-refractivity contribution in [3.05, 3.63) is 65.9 Å². The highest BCUT2D eigenvalue weighted by molar-refractivity contribution is 7.91. The summed E-state index contributed by atoms with van der Waals surface area (Å²) in [4.78, 5) is 10.4. The average molecular weight is 503 g/mol. The molecule has 1 aromatic carbocycles. The Morgan fingerprint density at radius 3 is 2.35 bits per heavy atom. The van der Waals surface area contributed by atoms with E-state index in [2.05, 4.69) is 25.5 Å². The first kappa shape index (κ1) is 25.1. The minimum atomic E-state index is -4.70. The van der Waals surface area contributed by atoms with Gasteiger partial charge in [-0.3, -0.25) is 10.4 Å².